The number of ether oxygens (including phenoxy) is 2. The smallest absolute Gasteiger partial charge is 0.346 e. The first kappa shape index (κ1) is 32.1. The zero-order valence-corrected chi connectivity index (χ0v) is 29.9. The fourth-order valence-electron chi connectivity index (χ4n) is 2.79. The van der Waals surface area contributed by atoms with Gasteiger partial charge in [-0.2, -0.15) is 8.42 Å². The first-order chi connectivity index (χ1) is 17.0. The van der Waals surface area contributed by atoms with Crippen molar-refractivity contribution in [3.63, 3.8) is 0 Å². The van der Waals surface area contributed by atoms with Crippen LogP contribution in [0.4, 0.5) is 0 Å². The molecule has 3 aromatic rings. The van der Waals surface area contributed by atoms with Crippen LogP contribution in [0.5, 0.6) is 11.5 Å². The van der Waals surface area contributed by atoms with Crippen LogP contribution in [0.1, 0.15) is 20.7 Å². The maximum atomic E-state index is 13.3. The Labute approximate surface area is 282 Å². The molecule has 0 saturated heterocycles. The van der Waals surface area contributed by atoms with E-state index in [1.165, 1.54) is 12.1 Å². The molecular formula is C20H5Br3Cl4I2O7S. The normalized spacial score (nSPS) is 11.4. The van der Waals surface area contributed by atoms with E-state index in [4.69, 9.17) is 55.9 Å². The monoisotopic (exact) mass is 1020 g/mol. The quantitative estimate of drug-likeness (QED) is 0.0678. The lowest BCUT2D eigenvalue weighted by atomic mass is 10.1. The summed E-state index contributed by atoms with van der Waals surface area (Å²) in [6.45, 7) is 0. The van der Waals surface area contributed by atoms with Crippen molar-refractivity contribution in [1.29, 1.82) is 0 Å². The minimum Gasteiger partial charge on any atom is -0.423 e. The molecule has 0 amide bonds. The number of carbonyl (C=O) groups excluding carboxylic acids is 2. The predicted octanol–water partition coefficient (Wildman–Crippen LogP) is 9.48. The third kappa shape index (κ3) is 7.08. The second-order valence-electron chi connectivity index (χ2n) is 6.67. The number of halogens is 9. The summed E-state index contributed by atoms with van der Waals surface area (Å²) in [7, 11) is -4.54. The highest BCUT2D eigenvalue weighted by atomic mass is 127. The summed E-state index contributed by atoms with van der Waals surface area (Å²) in [5.74, 6) is -2.33. The fraction of sp³-hybridized carbons (Fsp3) is 0. The molecule has 0 saturated carbocycles. The Kier molecular flexibility index (Phi) is 10.9. The second-order valence-corrected chi connectivity index (χ2v) is 14.5. The van der Waals surface area contributed by atoms with E-state index in [1.807, 2.05) is 0 Å². The lowest BCUT2D eigenvalue weighted by molar-refractivity contribution is 0.0691. The van der Waals surface area contributed by atoms with E-state index >= 15 is 0 Å². The van der Waals surface area contributed by atoms with E-state index in [2.05, 4.69) is 47.8 Å². The van der Waals surface area contributed by atoms with E-state index in [0.29, 0.717) is 13.4 Å². The van der Waals surface area contributed by atoms with Crippen LogP contribution < -0.4 is 9.47 Å². The predicted molar refractivity (Wildman–Crippen MR) is 168 cm³/mol. The SMILES string of the molecule is O=C(Oc1cc(I)c(S(=O)(=O)O)c(I)c1)c1c(Cl)c(Cl)c(Cl)c(Cl)c1C(=O)Oc1c(Br)cc(Br)cc1Br. The molecule has 17 heteroatoms. The van der Waals surface area contributed by atoms with Gasteiger partial charge in [0.25, 0.3) is 10.1 Å². The molecule has 0 aliphatic rings. The van der Waals surface area contributed by atoms with Gasteiger partial charge in [0.2, 0.25) is 0 Å². The van der Waals surface area contributed by atoms with Gasteiger partial charge in [0, 0.05) is 11.6 Å². The summed E-state index contributed by atoms with van der Waals surface area (Å²) >= 11 is 38.0. The molecular weight excluding hydrogens is 1020 g/mol. The van der Waals surface area contributed by atoms with Crippen molar-refractivity contribution < 1.29 is 32.0 Å². The maximum Gasteiger partial charge on any atom is 0.346 e. The van der Waals surface area contributed by atoms with Gasteiger partial charge in [0.1, 0.15) is 10.6 Å². The Morgan fingerprint density at radius 3 is 1.57 bits per heavy atom. The van der Waals surface area contributed by atoms with E-state index < -0.39 is 43.2 Å². The van der Waals surface area contributed by atoms with Crippen molar-refractivity contribution >= 4 is 161 Å². The second kappa shape index (κ2) is 12.6. The summed E-state index contributed by atoms with van der Waals surface area (Å²) in [5, 5.41) is -1.45. The number of carbonyl (C=O) groups is 2. The Morgan fingerprint density at radius 2 is 1.16 bits per heavy atom. The minimum absolute atomic E-state index is 0.0655. The molecule has 7 nitrogen and oxygen atoms in total. The maximum absolute atomic E-state index is 13.3. The van der Waals surface area contributed by atoms with Crippen LogP contribution in [0.2, 0.25) is 20.1 Å². The average Bonchev–Trinajstić information content (AvgIpc) is 2.75. The van der Waals surface area contributed by atoms with Crippen LogP contribution in [0.25, 0.3) is 0 Å². The molecule has 3 rings (SSSR count). The molecule has 0 aliphatic carbocycles. The number of hydrogen-bond donors (Lipinski definition) is 1. The molecule has 0 atom stereocenters. The summed E-state index contributed by atoms with van der Waals surface area (Å²) in [6, 6.07) is 5.60. The number of esters is 2. The Balaban J connectivity index is 2.12. The summed E-state index contributed by atoms with van der Waals surface area (Å²) in [5.41, 5.74) is -1.06. The molecule has 0 bridgehead atoms. The zero-order valence-electron chi connectivity index (χ0n) is 17.0. The minimum atomic E-state index is -4.54. The van der Waals surface area contributed by atoms with Crippen molar-refractivity contribution in [3.8, 4) is 11.5 Å². The van der Waals surface area contributed by atoms with Gasteiger partial charge in [0.05, 0.1) is 40.2 Å². The molecule has 0 radical (unpaired) electrons. The highest BCUT2D eigenvalue weighted by Gasteiger charge is 2.32. The topological polar surface area (TPSA) is 107 Å². The third-order valence-corrected chi connectivity index (χ3v) is 11.1. The van der Waals surface area contributed by atoms with Crippen molar-refractivity contribution in [2.24, 2.45) is 0 Å². The van der Waals surface area contributed by atoms with E-state index in [9.17, 15) is 22.6 Å². The van der Waals surface area contributed by atoms with Crippen LogP contribution in [0.15, 0.2) is 42.6 Å². The first-order valence-electron chi connectivity index (χ1n) is 8.96. The largest absolute Gasteiger partial charge is 0.423 e. The summed E-state index contributed by atoms with van der Waals surface area (Å²) in [4.78, 5) is 26.1. The lowest BCUT2D eigenvalue weighted by Gasteiger charge is -2.16. The Morgan fingerprint density at radius 1 is 0.757 bits per heavy atom. The van der Waals surface area contributed by atoms with E-state index in [-0.39, 0.29) is 33.6 Å². The molecule has 0 fully saturated rings. The molecule has 37 heavy (non-hydrogen) atoms. The van der Waals surface area contributed by atoms with Gasteiger partial charge in [-0.15, -0.1) is 0 Å². The average molecular weight is 1020 g/mol. The van der Waals surface area contributed by atoms with Crippen LogP contribution >= 0.6 is 139 Å². The Bertz CT molecular complexity index is 1560. The van der Waals surface area contributed by atoms with Gasteiger partial charge in [0.15, 0.2) is 5.75 Å². The molecule has 0 heterocycles. The molecule has 0 aliphatic heterocycles. The van der Waals surface area contributed by atoms with E-state index in [0.717, 1.165) is 0 Å². The van der Waals surface area contributed by atoms with E-state index in [1.54, 1.807) is 57.3 Å². The van der Waals surface area contributed by atoms with Gasteiger partial charge in [-0.05, 0) is 101 Å². The molecule has 0 spiro atoms. The van der Waals surface area contributed by atoms with Crippen molar-refractivity contribution in [2.75, 3.05) is 0 Å². The van der Waals surface area contributed by atoms with Crippen LogP contribution in [-0.4, -0.2) is 24.9 Å². The van der Waals surface area contributed by atoms with Crippen molar-refractivity contribution in [2.45, 2.75) is 4.90 Å². The van der Waals surface area contributed by atoms with Crippen LogP contribution in [0.3, 0.4) is 0 Å². The summed E-state index contributed by atoms with van der Waals surface area (Å²) in [6.07, 6.45) is 0. The molecule has 1 N–H and O–H groups in total. The number of hydrogen-bond acceptors (Lipinski definition) is 6. The van der Waals surface area contributed by atoms with Gasteiger partial charge >= 0.3 is 11.9 Å². The number of rotatable bonds is 5. The lowest BCUT2D eigenvalue weighted by Crippen LogP contribution is -2.20. The Hall–Kier alpha value is 0.570. The van der Waals surface area contributed by atoms with Gasteiger partial charge in [-0.1, -0.05) is 62.3 Å². The highest BCUT2D eigenvalue weighted by Crippen LogP contribution is 2.44. The van der Waals surface area contributed by atoms with Crippen molar-refractivity contribution in [1.82, 2.24) is 0 Å². The molecule has 3 aromatic carbocycles. The summed E-state index contributed by atoms with van der Waals surface area (Å²) < 4.78 is 45.1. The third-order valence-electron chi connectivity index (χ3n) is 4.27. The zero-order chi connectivity index (χ0) is 28.0. The van der Waals surface area contributed by atoms with Crippen molar-refractivity contribution in [3.05, 3.63) is 76.0 Å². The first-order valence-corrected chi connectivity index (χ1v) is 16.4. The fourth-order valence-corrected chi connectivity index (χ4v) is 10.2. The molecule has 0 unspecified atom stereocenters. The van der Waals surface area contributed by atoms with Gasteiger partial charge in [-0.25, -0.2) is 9.59 Å². The van der Waals surface area contributed by atoms with Crippen LogP contribution in [0, 0.1) is 7.14 Å². The van der Waals surface area contributed by atoms with Crippen LogP contribution in [-0.2, 0) is 10.1 Å². The molecule has 0 aromatic heterocycles. The van der Waals surface area contributed by atoms with Gasteiger partial charge in [-0.3, -0.25) is 4.55 Å². The highest BCUT2D eigenvalue weighted by molar-refractivity contribution is 14.1. The van der Waals surface area contributed by atoms with Gasteiger partial charge < -0.3 is 9.47 Å². The standard InChI is InChI=1S/C20H5Br3Cl4I2O7S/c21-5-1-7(22)17(8(23)2-5)36-20(31)12-11(13(24)15(26)16(27)14(12)25)19(30)35-6-3-9(28)18(10(29)4-6)37(32,33)34/h1-4H,(H,32,33,34). The molecule has 196 valence electrons. The number of benzene rings is 3.